The van der Waals surface area contributed by atoms with Gasteiger partial charge in [-0.15, -0.1) is 0 Å². The zero-order valence-electron chi connectivity index (χ0n) is 12.4. The first-order valence-electron chi connectivity index (χ1n) is 7.51. The Balaban J connectivity index is 1.85. The average molecular weight is 262 g/mol. The van der Waals surface area contributed by atoms with Crippen LogP contribution < -0.4 is 10.1 Å². The fourth-order valence-electron chi connectivity index (χ4n) is 2.64. The summed E-state index contributed by atoms with van der Waals surface area (Å²) in [5, 5.41) is 3.27. The highest BCUT2D eigenvalue weighted by atomic mass is 16.5. The molecule has 106 valence electrons. The second-order valence-electron chi connectivity index (χ2n) is 5.77. The molecule has 0 spiro atoms. The summed E-state index contributed by atoms with van der Waals surface area (Å²) in [5.74, 6) is 2.51. The SMILES string of the molecule is CCNCc1ccc(OC2CCC(C)C(C)C2)cn1. The molecule has 1 aromatic rings. The number of hydrogen-bond donors (Lipinski definition) is 1. The van der Waals surface area contributed by atoms with Crippen LogP contribution in [-0.4, -0.2) is 17.6 Å². The first kappa shape index (κ1) is 14.3. The largest absolute Gasteiger partial charge is 0.489 e. The van der Waals surface area contributed by atoms with Crippen LogP contribution >= 0.6 is 0 Å². The lowest BCUT2D eigenvalue weighted by Gasteiger charge is -2.32. The van der Waals surface area contributed by atoms with Gasteiger partial charge in [-0.3, -0.25) is 4.98 Å². The molecule has 2 rings (SSSR count). The summed E-state index contributed by atoms with van der Waals surface area (Å²) in [6.07, 6.45) is 5.84. The maximum absolute atomic E-state index is 6.05. The molecule has 0 bridgehead atoms. The van der Waals surface area contributed by atoms with Crippen LogP contribution in [0.25, 0.3) is 0 Å². The van der Waals surface area contributed by atoms with E-state index in [1.807, 2.05) is 18.3 Å². The second kappa shape index (κ2) is 6.90. The first-order valence-corrected chi connectivity index (χ1v) is 7.51. The van der Waals surface area contributed by atoms with Gasteiger partial charge in [-0.1, -0.05) is 20.8 Å². The van der Waals surface area contributed by atoms with Gasteiger partial charge in [0.25, 0.3) is 0 Å². The molecular formula is C16H26N2O. The van der Waals surface area contributed by atoms with E-state index >= 15 is 0 Å². The molecule has 3 atom stereocenters. The fraction of sp³-hybridized carbons (Fsp3) is 0.688. The fourth-order valence-corrected chi connectivity index (χ4v) is 2.64. The molecule has 0 amide bonds. The molecule has 1 saturated carbocycles. The number of pyridine rings is 1. The summed E-state index contributed by atoms with van der Waals surface area (Å²) in [7, 11) is 0. The Labute approximate surface area is 116 Å². The van der Waals surface area contributed by atoms with Gasteiger partial charge in [0.15, 0.2) is 0 Å². The molecule has 1 aromatic heterocycles. The topological polar surface area (TPSA) is 34.1 Å². The minimum absolute atomic E-state index is 0.368. The van der Waals surface area contributed by atoms with Gasteiger partial charge in [0.1, 0.15) is 5.75 Å². The number of aromatic nitrogens is 1. The van der Waals surface area contributed by atoms with Crippen molar-refractivity contribution in [2.45, 2.75) is 52.7 Å². The lowest BCUT2D eigenvalue weighted by Crippen LogP contribution is -2.28. The Morgan fingerprint density at radius 2 is 2.11 bits per heavy atom. The van der Waals surface area contributed by atoms with Gasteiger partial charge in [0.05, 0.1) is 18.0 Å². The maximum atomic E-state index is 6.05. The summed E-state index contributed by atoms with van der Waals surface area (Å²) in [6, 6.07) is 4.09. The van der Waals surface area contributed by atoms with Crippen LogP contribution in [0.4, 0.5) is 0 Å². The van der Waals surface area contributed by atoms with Crippen LogP contribution in [0.2, 0.25) is 0 Å². The highest BCUT2D eigenvalue weighted by Gasteiger charge is 2.25. The van der Waals surface area contributed by atoms with E-state index in [4.69, 9.17) is 4.74 Å². The smallest absolute Gasteiger partial charge is 0.138 e. The molecule has 0 aliphatic heterocycles. The Morgan fingerprint density at radius 3 is 2.74 bits per heavy atom. The van der Waals surface area contributed by atoms with E-state index in [0.29, 0.717) is 6.10 Å². The summed E-state index contributed by atoms with van der Waals surface area (Å²) in [6.45, 7) is 8.57. The molecule has 19 heavy (non-hydrogen) atoms. The highest BCUT2D eigenvalue weighted by Crippen LogP contribution is 2.31. The number of nitrogens with one attached hydrogen (secondary N) is 1. The van der Waals surface area contributed by atoms with Gasteiger partial charge in [-0.2, -0.15) is 0 Å². The Bertz CT molecular complexity index is 377. The lowest BCUT2D eigenvalue weighted by molar-refractivity contribution is 0.100. The molecule has 0 radical (unpaired) electrons. The molecule has 1 aliphatic carbocycles. The van der Waals surface area contributed by atoms with Gasteiger partial charge in [-0.25, -0.2) is 0 Å². The van der Waals surface area contributed by atoms with E-state index in [1.165, 1.54) is 19.3 Å². The van der Waals surface area contributed by atoms with Gasteiger partial charge in [0, 0.05) is 6.54 Å². The quantitative estimate of drug-likeness (QED) is 0.883. The van der Waals surface area contributed by atoms with E-state index in [2.05, 4.69) is 31.1 Å². The minimum atomic E-state index is 0.368. The van der Waals surface area contributed by atoms with Crippen molar-refractivity contribution in [1.82, 2.24) is 10.3 Å². The molecule has 0 aromatic carbocycles. The third-order valence-electron chi connectivity index (χ3n) is 4.21. The van der Waals surface area contributed by atoms with E-state index in [-0.39, 0.29) is 0 Å². The predicted molar refractivity (Wildman–Crippen MR) is 78.2 cm³/mol. The Morgan fingerprint density at radius 1 is 1.26 bits per heavy atom. The third-order valence-corrected chi connectivity index (χ3v) is 4.21. The van der Waals surface area contributed by atoms with E-state index in [9.17, 15) is 0 Å². The van der Waals surface area contributed by atoms with Crippen molar-refractivity contribution in [2.75, 3.05) is 6.54 Å². The van der Waals surface area contributed by atoms with Crippen molar-refractivity contribution >= 4 is 0 Å². The molecular weight excluding hydrogens is 236 g/mol. The summed E-state index contributed by atoms with van der Waals surface area (Å²) in [4.78, 5) is 4.43. The molecule has 1 heterocycles. The number of nitrogens with zero attached hydrogens (tertiary/aromatic N) is 1. The number of ether oxygens (including phenoxy) is 1. The third kappa shape index (κ3) is 4.20. The predicted octanol–water partition coefficient (Wildman–Crippen LogP) is 3.39. The molecule has 1 fully saturated rings. The molecule has 3 heteroatoms. The van der Waals surface area contributed by atoms with Crippen LogP contribution in [0, 0.1) is 11.8 Å². The van der Waals surface area contributed by atoms with Crippen LogP contribution in [-0.2, 0) is 6.54 Å². The Kier molecular flexibility index (Phi) is 5.20. The van der Waals surface area contributed by atoms with E-state index in [0.717, 1.165) is 36.4 Å². The molecule has 1 aliphatic rings. The van der Waals surface area contributed by atoms with Crippen molar-refractivity contribution in [3.63, 3.8) is 0 Å². The van der Waals surface area contributed by atoms with E-state index in [1.54, 1.807) is 0 Å². The zero-order valence-corrected chi connectivity index (χ0v) is 12.4. The van der Waals surface area contributed by atoms with Crippen LogP contribution in [0.5, 0.6) is 5.75 Å². The summed E-state index contributed by atoms with van der Waals surface area (Å²) in [5.41, 5.74) is 1.07. The monoisotopic (exact) mass is 262 g/mol. The normalized spacial score (nSPS) is 27.2. The number of hydrogen-bond acceptors (Lipinski definition) is 3. The van der Waals surface area contributed by atoms with Crippen molar-refractivity contribution in [3.05, 3.63) is 24.0 Å². The summed E-state index contributed by atoms with van der Waals surface area (Å²) >= 11 is 0. The average Bonchev–Trinajstić information content (AvgIpc) is 2.42. The van der Waals surface area contributed by atoms with Crippen LogP contribution in [0.15, 0.2) is 18.3 Å². The molecule has 1 N–H and O–H groups in total. The lowest BCUT2D eigenvalue weighted by atomic mass is 9.80. The minimum Gasteiger partial charge on any atom is -0.489 e. The van der Waals surface area contributed by atoms with Gasteiger partial charge in [-0.05, 0) is 49.8 Å². The van der Waals surface area contributed by atoms with Crippen LogP contribution in [0.1, 0.15) is 45.7 Å². The first-order chi connectivity index (χ1) is 9.19. The van der Waals surface area contributed by atoms with Crippen molar-refractivity contribution in [2.24, 2.45) is 11.8 Å². The van der Waals surface area contributed by atoms with Gasteiger partial charge >= 0.3 is 0 Å². The van der Waals surface area contributed by atoms with Crippen molar-refractivity contribution in [3.8, 4) is 5.75 Å². The maximum Gasteiger partial charge on any atom is 0.138 e. The van der Waals surface area contributed by atoms with Gasteiger partial charge in [0.2, 0.25) is 0 Å². The van der Waals surface area contributed by atoms with Crippen molar-refractivity contribution < 1.29 is 4.74 Å². The van der Waals surface area contributed by atoms with Crippen LogP contribution in [0.3, 0.4) is 0 Å². The molecule has 3 nitrogen and oxygen atoms in total. The standard InChI is InChI=1S/C16H26N2O/c1-4-17-10-14-6-8-16(11-18-14)19-15-7-5-12(2)13(3)9-15/h6,8,11-13,15,17H,4-5,7,9-10H2,1-3H3. The number of rotatable bonds is 5. The Hall–Kier alpha value is -1.09. The van der Waals surface area contributed by atoms with Crippen molar-refractivity contribution in [1.29, 1.82) is 0 Å². The summed E-state index contributed by atoms with van der Waals surface area (Å²) < 4.78 is 6.05. The molecule has 0 saturated heterocycles. The highest BCUT2D eigenvalue weighted by molar-refractivity contribution is 5.20. The molecule has 3 unspecified atom stereocenters. The zero-order chi connectivity index (χ0) is 13.7. The van der Waals surface area contributed by atoms with E-state index < -0.39 is 0 Å². The van der Waals surface area contributed by atoms with Gasteiger partial charge < -0.3 is 10.1 Å². The second-order valence-corrected chi connectivity index (χ2v) is 5.77.